The van der Waals surface area contributed by atoms with Crippen LogP contribution in [0.3, 0.4) is 0 Å². The van der Waals surface area contributed by atoms with Gasteiger partial charge in [0, 0.05) is 26.1 Å². The summed E-state index contributed by atoms with van der Waals surface area (Å²) in [5.41, 5.74) is 7.86. The summed E-state index contributed by atoms with van der Waals surface area (Å²) in [5, 5.41) is 2.22. The fraction of sp³-hybridized carbons (Fsp3) is 0.545. The molecule has 3 fully saturated rings. The normalized spacial score (nSPS) is 30.9. The van der Waals surface area contributed by atoms with E-state index in [1.807, 2.05) is 6.07 Å². The van der Waals surface area contributed by atoms with Crippen molar-refractivity contribution in [2.75, 3.05) is 19.6 Å². The minimum atomic E-state index is -0.927. The Morgan fingerprint density at radius 2 is 1.90 bits per heavy atom. The summed E-state index contributed by atoms with van der Waals surface area (Å²) in [6, 6.07) is 4.45. The summed E-state index contributed by atoms with van der Waals surface area (Å²) in [7, 11) is 0. The molecular weight excluding hydrogens is 384 g/mol. The van der Waals surface area contributed by atoms with Crippen LogP contribution in [0.2, 0.25) is 0 Å². The monoisotopic (exact) mass is 410 g/mol. The standard InChI is InChI=1S/C22H26N4O4/c23-8-7-22-6-5-14(22)11-25(12-22)10-13-1-2-15-16(9-13)21(30)26(20(15)29)17-3-4-18(27)24-19(17)28/h1-2,9,14,17H,3-8,10-12,23H2,(H,24,27,28). The number of hydrogen-bond donors (Lipinski definition) is 2. The topological polar surface area (TPSA) is 113 Å². The molecule has 8 heteroatoms. The van der Waals surface area contributed by atoms with Crippen molar-refractivity contribution in [1.29, 1.82) is 0 Å². The van der Waals surface area contributed by atoms with Gasteiger partial charge in [0.05, 0.1) is 11.1 Å². The first-order valence-corrected chi connectivity index (χ1v) is 10.7. The molecule has 4 aliphatic rings. The Morgan fingerprint density at radius 3 is 2.60 bits per heavy atom. The highest BCUT2D eigenvalue weighted by Gasteiger charge is 2.52. The number of imide groups is 2. The number of nitrogens with zero attached hydrogens (tertiary/aromatic N) is 2. The predicted molar refractivity (Wildman–Crippen MR) is 107 cm³/mol. The zero-order valence-corrected chi connectivity index (χ0v) is 16.9. The fourth-order valence-corrected chi connectivity index (χ4v) is 5.76. The van der Waals surface area contributed by atoms with Gasteiger partial charge in [-0.05, 0) is 61.3 Å². The maximum atomic E-state index is 13.0. The van der Waals surface area contributed by atoms with Crippen molar-refractivity contribution in [3.63, 3.8) is 0 Å². The van der Waals surface area contributed by atoms with Gasteiger partial charge >= 0.3 is 0 Å². The van der Waals surface area contributed by atoms with Crippen LogP contribution in [0, 0.1) is 11.3 Å². The molecule has 3 atom stereocenters. The molecule has 158 valence electrons. The lowest BCUT2D eigenvalue weighted by molar-refractivity contribution is -0.136. The van der Waals surface area contributed by atoms with E-state index < -0.39 is 23.8 Å². The number of likely N-dealkylation sites (tertiary alicyclic amines) is 1. The number of carbonyl (C=O) groups excluding carboxylic acids is 4. The summed E-state index contributed by atoms with van der Waals surface area (Å²) in [4.78, 5) is 52.8. The van der Waals surface area contributed by atoms with E-state index in [0.29, 0.717) is 22.5 Å². The molecule has 0 spiro atoms. The number of piperidine rings is 1. The van der Waals surface area contributed by atoms with E-state index >= 15 is 0 Å². The van der Waals surface area contributed by atoms with Crippen LogP contribution in [0.25, 0.3) is 0 Å². The Hall–Kier alpha value is -2.58. The molecule has 3 aliphatic heterocycles. The second-order valence-electron chi connectivity index (χ2n) is 9.13. The first-order chi connectivity index (χ1) is 14.4. The van der Waals surface area contributed by atoms with Crippen LogP contribution in [0.4, 0.5) is 0 Å². The number of nitrogens with one attached hydrogen (secondary N) is 1. The quantitative estimate of drug-likeness (QED) is 0.689. The summed E-state index contributed by atoms with van der Waals surface area (Å²) in [6.45, 7) is 3.53. The van der Waals surface area contributed by atoms with Crippen LogP contribution in [0.5, 0.6) is 0 Å². The molecule has 30 heavy (non-hydrogen) atoms. The average molecular weight is 410 g/mol. The van der Waals surface area contributed by atoms with Gasteiger partial charge in [-0.25, -0.2) is 0 Å². The van der Waals surface area contributed by atoms with E-state index in [1.165, 1.54) is 12.8 Å². The van der Waals surface area contributed by atoms with E-state index in [9.17, 15) is 19.2 Å². The Kier molecular flexibility index (Phi) is 4.52. The molecule has 1 saturated carbocycles. The number of benzene rings is 1. The van der Waals surface area contributed by atoms with Gasteiger partial charge in [0.2, 0.25) is 11.8 Å². The fourth-order valence-electron chi connectivity index (χ4n) is 5.76. The minimum absolute atomic E-state index is 0.121. The highest BCUT2D eigenvalue weighted by molar-refractivity contribution is 6.23. The van der Waals surface area contributed by atoms with Gasteiger partial charge in [-0.15, -0.1) is 0 Å². The van der Waals surface area contributed by atoms with E-state index in [1.54, 1.807) is 12.1 Å². The molecule has 3 N–H and O–H groups in total. The minimum Gasteiger partial charge on any atom is -0.330 e. The molecule has 1 aromatic carbocycles. The van der Waals surface area contributed by atoms with E-state index in [0.717, 1.165) is 43.1 Å². The van der Waals surface area contributed by atoms with Gasteiger partial charge < -0.3 is 5.73 Å². The number of rotatable bonds is 5. The molecule has 1 aliphatic carbocycles. The van der Waals surface area contributed by atoms with Crippen LogP contribution >= 0.6 is 0 Å². The number of carbonyl (C=O) groups is 4. The number of nitrogens with two attached hydrogens (primary N) is 1. The van der Waals surface area contributed by atoms with Crippen LogP contribution in [0.15, 0.2) is 18.2 Å². The van der Waals surface area contributed by atoms with Gasteiger partial charge in [0.15, 0.2) is 0 Å². The first-order valence-electron chi connectivity index (χ1n) is 10.7. The Labute approximate surface area is 174 Å². The van der Waals surface area contributed by atoms with Crippen molar-refractivity contribution < 1.29 is 19.2 Å². The van der Waals surface area contributed by atoms with Crippen molar-refractivity contribution in [2.45, 2.75) is 44.7 Å². The maximum absolute atomic E-state index is 13.0. The molecule has 5 rings (SSSR count). The maximum Gasteiger partial charge on any atom is 0.262 e. The molecule has 0 bridgehead atoms. The average Bonchev–Trinajstić information content (AvgIpc) is 3.08. The molecule has 4 amide bonds. The van der Waals surface area contributed by atoms with Crippen LogP contribution in [0.1, 0.15) is 58.4 Å². The third-order valence-corrected chi connectivity index (χ3v) is 7.43. The summed E-state index contributed by atoms with van der Waals surface area (Å²) < 4.78 is 0. The lowest BCUT2D eigenvalue weighted by atomic mass is 9.60. The molecular formula is C22H26N4O4. The largest absolute Gasteiger partial charge is 0.330 e. The van der Waals surface area contributed by atoms with Gasteiger partial charge in [-0.3, -0.25) is 34.3 Å². The van der Waals surface area contributed by atoms with E-state index in [4.69, 9.17) is 5.73 Å². The second-order valence-corrected chi connectivity index (χ2v) is 9.13. The molecule has 2 saturated heterocycles. The van der Waals surface area contributed by atoms with Crippen molar-refractivity contribution in [1.82, 2.24) is 15.1 Å². The molecule has 0 aromatic heterocycles. The number of fused-ring (bicyclic) bond motifs is 2. The Morgan fingerprint density at radius 1 is 1.10 bits per heavy atom. The second kappa shape index (κ2) is 6.99. The SMILES string of the molecule is NCCC12CCC1CN(Cc1ccc3c(c1)C(=O)N(C1CCC(=O)NC1=O)C3=O)C2. The Bertz CT molecular complexity index is 960. The molecule has 3 unspecified atom stereocenters. The van der Waals surface area contributed by atoms with Crippen molar-refractivity contribution >= 4 is 23.6 Å². The number of amides is 4. The molecule has 1 aromatic rings. The molecule has 0 radical (unpaired) electrons. The third kappa shape index (κ3) is 2.89. The highest BCUT2D eigenvalue weighted by atomic mass is 16.2. The zero-order valence-electron chi connectivity index (χ0n) is 16.9. The lowest BCUT2D eigenvalue weighted by Gasteiger charge is -2.44. The van der Waals surface area contributed by atoms with Gasteiger partial charge in [-0.2, -0.15) is 0 Å². The zero-order chi connectivity index (χ0) is 21.0. The van der Waals surface area contributed by atoms with Crippen LogP contribution in [-0.2, 0) is 16.1 Å². The molecule has 3 heterocycles. The van der Waals surface area contributed by atoms with Gasteiger partial charge in [0.1, 0.15) is 6.04 Å². The summed E-state index contributed by atoms with van der Waals surface area (Å²) >= 11 is 0. The lowest BCUT2D eigenvalue weighted by Crippen LogP contribution is -2.54. The third-order valence-electron chi connectivity index (χ3n) is 7.43. The Balaban J connectivity index is 1.33. The van der Waals surface area contributed by atoms with Crippen LogP contribution < -0.4 is 11.1 Å². The van der Waals surface area contributed by atoms with E-state index in [-0.39, 0.29) is 18.7 Å². The smallest absolute Gasteiger partial charge is 0.262 e. The number of hydrogen-bond acceptors (Lipinski definition) is 6. The van der Waals surface area contributed by atoms with Crippen molar-refractivity contribution in [3.8, 4) is 0 Å². The van der Waals surface area contributed by atoms with Gasteiger partial charge in [0.25, 0.3) is 11.8 Å². The highest BCUT2D eigenvalue weighted by Crippen LogP contribution is 2.54. The summed E-state index contributed by atoms with van der Waals surface area (Å²) in [6.07, 6.45) is 3.85. The first kappa shape index (κ1) is 19.4. The molecule has 8 nitrogen and oxygen atoms in total. The summed E-state index contributed by atoms with van der Waals surface area (Å²) in [5.74, 6) is -1.16. The van der Waals surface area contributed by atoms with Crippen LogP contribution in [-0.4, -0.2) is 59.1 Å². The van der Waals surface area contributed by atoms with Gasteiger partial charge in [-0.1, -0.05) is 6.07 Å². The predicted octanol–water partition coefficient (Wildman–Crippen LogP) is 0.649. The van der Waals surface area contributed by atoms with Crippen molar-refractivity contribution in [2.24, 2.45) is 17.1 Å². The van der Waals surface area contributed by atoms with Crippen molar-refractivity contribution in [3.05, 3.63) is 34.9 Å². The van der Waals surface area contributed by atoms with E-state index in [2.05, 4.69) is 10.2 Å².